The zero-order chi connectivity index (χ0) is 13.2. The highest BCUT2D eigenvalue weighted by Gasteiger charge is 2.33. The standard InChI is InChI=1S/C12H19NO3S2/c1-2-11-6-7-12(17-11)18(15,16)13-8-4-3-5-10(13)9-14/h6-7,10,14H,2-5,8-9H2,1H3. The first kappa shape index (κ1) is 14.0. The Morgan fingerprint density at radius 2 is 2.22 bits per heavy atom. The van der Waals surface area contributed by atoms with Gasteiger partial charge in [-0.1, -0.05) is 13.3 Å². The maximum absolute atomic E-state index is 12.5. The molecule has 1 aromatic heterocycles. The molecule has 0 spiro atoms. The molecule has 0 bridgehead atoms. The van der Waals surface area contributed by atoms with E-state index in [1.54, 1.807) is 6.07 Å². The molecule has 2 rings (SSSR count). The topological polar surface area (TPSA) is 57.6 Å². The summed E-state index contributed by atoms with van der Waals surface area (Å²) in [6.45, 7) is 2.44. The van der Waals surface area contributed by atoms with Crippen LogP contribution >= 0.6 is 11.3 Å². The highest BCUT2D eigenvalue weighted by atomic mass is 32.2. The van der Waals surface area contributed by atoms with Gasteiger partial charge in [-0.25, -0.2) is 8.42 Å². The number of nitrogens with zero attached hydrogens (tertiary/aromatic N) is 1. The molecule has 1 aromatic rings. The average Bonchev–Trinajstić information content (AvgIpc) is 2.88. The number of thiophene rings is 1. The van der Waals surface area contributed by atoms with Gasteiger partial charge in [-0.15, -0.1) is 11.3 Å². The monoisotopic (exact) mass is 289 g/mol. The van der Waals surface area contributed by atoms with E-state index in [1.165, 1.54) is 15.6 Å². The SMILES string of the molecule is CCc1ccc(S(=O)(=O)N2CCCCC2CO)s1. The first-order valence-corrected chi connectivity index (χ1v) is 8.56. The summed E-state index contributed by atoms with van der Waals surface area (Å²) in [5, 5.41) is 9.32. The minimum absolute atomic E-state index is 0.0920. The molecule has 1 aliphatic heterocycles. The van der Waals surface area contributed by atoms with Crippen molar-refractivity contribution in [3.05, 3.63) is 17.0 Å². The van der Waals surface area contributed by atoms with Crippen molar-refractivity contribution >= 4 is 21.4 Å². The molecule has 18 heavy (non-hydrogen) atoms. The van der Waals surface area contributed by atoms with Crippen molar-refractivity contribution in [3.63, 3.8) is 0 Å². The number of piperidine rings is 1. The summed E-state index contributed by atoms with van der Waals surface area (Å²) in [7, 11) is -3.42. The van der Waals surface area contributed by atoms with Crippen molar-refractivity contribution in [2.45, 2.75) is 42.9 Å². The minimum Gasteiger partial charge on any atom is -0.395 e. The van der Waals surface area contributed by atoms with E-state index in [-0.39, 0.29) is 12.6 Å². The van der Waals surface area contributed by atoms with Crippen molar-refractivity contribution in [1.82, 2.24) is 4.31 Å². The molecule has 1 saturated heterocycles. The van der Waals surface area contributed by atoms with Gasteiger partial charge in [-0.2, -0.15) is 4.31 Å². The number of sulfonamides is 1. The Hall–Kier alpha value is -0.430. The Kier molecular flexibility index (Phi) is 4.42. The Balaban J connectivity index is 2.28. The van der Waals surface area contributed by atoms with Crippen molar-refractivity contribution in [2.75, 3.05) is 13.2 Å². The number of aliphatic hydroxyl groups is 1. The van der Waals surface area contributed by atoms with Crippen LogP contribution in [0.5, 0.6) is 0 Å². The molecular formula is C12H19NO3S2. The lowest BCUT2D eigenvalue weighted by Crippen LogP contribution is -2.45. The molecule has 0 amide bonds. The van der Waals surface area contributed by atoms with Crippen molar-refractivity contribution in [1.29, 1.82) is 0 Å². The molecule has 1 fully saturated rings. The van der Waals surface area contributed by atoms with Gasteiger partial charge >= 0.3 is 0 Å². The molecular weight excluding hydrogens is 270 g/mol. The maximum Gasteiger partial charge on any atom is 0.252 e. The van der Waals surface area contributed by atoms with E-state index in [4.69, 9.17) is 0 Å². The highest BCUT2D eigenvalue weighted by molar-refractivity contribution is 7.91. The first-order valence-electron chi connectivity index (χ1n) is 6.31. The molecule has 0 aromatic carbocycles. The third kappa shape index (κ3) is 2.61. The molecule has 1 N–H and O–H groups in total. The van der Waals surface area contributed by atoms with Crippen LogP contribution in [-0.2, 0) is 16.4 Å². The van der Waals surface area contributed by atoms with E-state index < -0.39 is 10.0 Å². The predicted octanol–water partition coefficient (Wildman–Crippen LogP) is 1.85. The van der Waals surface area contributed by atoms with Crippen LogP contribution in [0, 0.1) is 0 Å². The summed E-state index contributed by atoms with van der Waals surface area (Å²) in [5.41, 5.74) is 0. The van der Waals surface area contributed by atoms with Gasteiger partial charge in [0.1, 0.15) is 4.21 Å². The molecule has 4 nitrogen and oxygen atoms in total. The van der Waals surface area contributed by atoms with Gasteiger partial charge in [0.25, 0.3) is 10.0 Å². The second-order valence-corrected chi connectivity index (χ2v) is 7.81. The van der Waals surface area contributed by atoms with E-state index in [0.717, 1.165) is 30.6 Å². The van der Waals surface area contributed by atoms with Crippen molar-refractivity contribution in [3.8, 4) is 0 Å². The van der Waals surface area contributed by atoms with Crippen LogP contribution in [-0.4, -0.2) is 37.0 Å². The quantitative estimate of drug-likeness (QED) is 0.920. The van der Waals surface area contributed by atoms with Crippen LogP contribution in [0.3, 0.4) is 0 Å². The minimum atomic E-state index is -3.42. The molecule has 1 unspecified atom stereocenters. The zero-order valence-electron chi connectivity index (χ0n) is 10.5. The summed E-state index contributed by atoms with van der Waals surface area (Å²) in [5.74, 6) is 0. The number of hydrogen-bond acceptors (Lipinski definition) is 4. The van der Waals surface area contributed by atoms with E-state index in [2.05, 4.69) is 0 Å². The molecule has 1 atom stereocenters. The lowest BCUT2D eigenvalue weighted by atomic mass is 10.1. The highest BCUT2D eigenvalue weighted by Crippen LogP contribution is 2.29. The molecule has 0 radical (unpaired) electrons. The van der Waals surface area contributed by atoms with E-state index in [1.807, 2.05) is 13.0 Å². The summed E-state index contributed by atoms with van der Waals surface area (Å²) in [4.78, 5) is 1.08. The zero-order valence-corrected chi connectivity index (χ0v) is 12.1. The number of rotatable bonds is 4. The summed E-state index contributed by atoms with van der Waals surface area (Å²) in [6, 6.07) is 3.30. The Morgan fingerprint density at radius 3 is 2.83 bits per heavy atom. The summed E-state index contributed by atoms with van der Waals surface area (Å²) < 4.78 is 26.9. The van der Waals surface area contributed by atoms with Crippen LogP contribution < -0.4 is 0 Å². The lowest BCUT2D eigenvalue weighted by Gasteiger charge is -2.32. The van der Waals surface area contributed by atoms with Crippen molar-refractivity contribution in [2.24, 2.45) is 0 Å². The van der Waals surface area contributed by atoms with Crippen LogP contribution in [0.4, 0.5) is 0 Å². The van der Waals surface area contributed by atoms with Crippen LogP contribution in [0.15, 0.2) is 16.3 Å². The third-order valence-corrected chi connectivity index (χ3v) is 6.98. The van der Waals surface area contributed by atoms with Gasteiger partial charge in [0.2, 0.25) is 0 Å². The van der Waals surface area contributed by atoms with E-state index in [9.17, 15) is 13.5 Å². The third-order valence-electron chi connectivity index (χ3n) is 3.33. The van der Waals surface area contributed by atoms with Gasteiger partial charge in [-0.05, 0) is 31.4 Å². The Bertz CT molecular complexity index is 495. The second kappa shape index (κ2) is 5.69. The second-order valence-electron chi connectivity index (χ2n) is 4.52. The number of aryl methyl sites for hydroxylation is 1. The molecule has 102 valence electrons. The lowest BCUT2D eigenvalue weighted by molar-refractivity contribution is 0.155. The van der Waals surface area contributed by atoms with Crippen LogP contribution in [0.1, 0.15) is 31.1 Å². The van der Waals surface area contributed by atoms with Gasteiger partial charge < -0.3 is 5.11 Å². The van der Waals surface area contributed by atoms with E-state index >= 15 is 0 Å². The van der Waals surface area contributed by atoms with Gasteiger partial charge in [0.05, 0.1) is 6.61 Å². The fraction of sp³-hybridized carbons (Fsp3) is 0.667. The fourth-order valence-electron chi connectivity index (χ4n) is 2.28. The van der Waals surface area contributed by atoms with E-state index in [0.29, 0.717) is 10.8 Å². The Morgan fingerprint density at radius 1 is 1.44 bits per heavy atom. The molecule has 0 aliphatic carbocycles. The normalized spacial score (nSPS) is 22.2. The first-order chi connectivity index (χ1) is 8.59. The Labute approximate surface area is 112 Å². The average molecular weight is 289 g/mol. The van der Waals surface area contributed by atoms with Crippen LogP contribution in [0.25, 0.3) is 0 Å². The number of hydrogen-bond donors (Lipinski definition) is 1. The van der Waals surface area contributed by atoms with Gasteiger partial charge in [0.15, 0.2) is 0 Å². The number of aliphatic hydroxyl groups excluding tert-OH is 1. The molecule has 1 aliphatic rings. The summed E-state index contributed by atoms with van der Waals surface area (Å²) in [6.07, 6.45) is 3.47. The smallest absolute Gasteiger partial charge is 0.252 e. The fourth-order valence-corrected chi connectivity index (χ4v) is 5.39. The van der Waals surface area contributed by atoms with Gasteiger partial charge in [0, 0.05) is 17.5 Å². The molecule has 0 saturated carbocycles. The molecule has 6 heteroatoms. The van der Waals surface area contributed by atoms with Crippen LogP contribution in [0.2, 0.25) is 0 Å². The predicted molar refractivity (Wildman–Crippen MR) is 72.3 cm³/mol. The van der Waals surface area contributed by atoms with Gasteiger partial charge in [-0.3, -0.25) is 0 Å². The van der Waals surface area contributed by atoms with Crippen molar-refractivity contribution < 1.29 is 13.5 Å². The molecule has 2 heterocycles. The maximum atomic E-state index is 12.5. The summed E-state index contributed by atoms with van der Waals surface area (Å²) >= 11 is 1.33. The largest absolute Gasteiger partial charge is 0.395 e.